The number of nitrogens with zero attached hydrogens (tertiary/aromatic N) is 5. The Balaban J connectivity index is 1.12. The number of allylic oxidation sites excluding steroid dienone is 2. The SMILES string of the molecule is Cc1cc(C)n(-c2cc(C(CC(=O)O)CN3CCC(CCC4C=CC5=C(NCCC5)N4)C3)cc(N3CCN(C(=O)CCCC(=O)C(C)C)CC3)c2)n1. The van der Waals surface area contributed by atoms with Gasteiger partial charge in [0.05, 0.1) is 17.8 Å². The van der Waals surface area contributed by atoms with Crippen LogP contribution in [-0.2, 0) is 14.4 Å². The zero-order chi connectivity index (χ0) is 36.8. The van der Waals surface area contributed by atoms with E-state index in [1.807, 2.05) is 37.3 Å². The number of ketones is 1. The fourth-order valence-corrected chi connectivity index (χ4v) is 8.34. The summed E-state index contributed by atoms with van der Waals surface area (Å²) in [7, 11) is 0. The van der Waals surface area contributed by atoms with E-state index < -0.39 is 5.97 Å². The maximum Gasteiger partial charge on any atom is 0.304 e. The lowest BCUT2D eigenvalue weighted by molar-refractivity contribution is -0.137. The maximum atomic E-state index is 13.0. The zero-order valence-electron chi connectivity index (χ0n) is 31.7. The number of nitrogens with one attached hydrogen (secondary N) is 2. The van der Waals surface area contributed by atoms with Crippen molar-refractivity contribution in [1.82, 2.24) is 30.2 Å². The van der Waals surface area contributed by atoms with Crippen molar-refractivity contribution in [2.45, 2.75) is 97.4 Å². The first kappa shape index (κ1) is 37.6. The van der Waals surface area contributed by atoms with Gasteiger partial charge in [-0.15, -0.1) is 0 Å². The Hall–Kier alpha value is -4.12. The van der Waals surface area contributed by atoms with Gasteiger partial charge in [-0.3, -0.25) is 14.4 Å². The number of likely N-dealkylation sites (tertiary alicyclic amines) is 1. The average molecular weight is 714 g/mol. The van der Waals surface area contributed by atoms with Crippen LogP contribution in [-0.4, -0.2) is 101 Å². The standard InChI is InChI=1S/C41H59N7O4/c1-28(2)38(49)8-5-9-39(50)47-19-17-46(18-20-47)36-22-33(23-37(25-36)48-30(4)21-29(3)44-48)34(24-40(51)52)27-45-16-14-31(26-45)10-12-35-13-11-32-7-6-15-42-41(32)43-35/h11,13,21-23,25,28,31,34-35,42-43H,5-10,12,14-20,24,26-27H2,1-4H3,(H,51,52). The molecule has 282 valence electrons. The summed E-state index contributed by atoms with van der Waals surface area (Å²) in [6, 6.07) is 8.87. The number of aromatic nitrogens is 2. The van der Waals surface area contributed by atoms with Gasteiger partial charge < -0.3 is 30.4 Å². The number of hydrogen-bond acceptors (Lipinski definition) is 8. The second-order valence-electron chi connectivity index (χ2n) is 15.8. The molecule has 1 aromatic carbocycles. The first-order valence-electron chi connectivity index (χ1n) is 19.6. The third kappa shape index (κ3) is 9.65. The van der Waals surface area contributed by atoms with Gasteiger partial charge in [0.2, 0.25) is 5.91 Å². The van der Waals surface area contributed by atoms with E-state index in [1.54, 1.807) is 0 Å². The Morgan fingerprint density at radius 2 is 1.77 bits per heavy atom. The lowest BCUT2D eigenvalue weighted by atomic mass is 9.93. The number of carbonyl (C=O) groups excluding carboxylic acids is 2. The zero-order valence-corrected chi connectivity index (χ0v) is 31.7. The molecule has 2 saturated heterocycles. The van der Waals surface area contributed by atoms with Crippen molar-refractivity contribution >= 4 is 23.3 Å². The number of benzene rings is 1. The van der Waals surface area contributed by atoms with Crippen LogP contribution in [0.2, 0.25) is 0 Å². The molecule has 3 atom stereocenters. The number of rotatable bonds is 15. The van der Waals surface area contributed by atoms with Crippen LogP contribution >= 0.6 is 0 Å². The topological polar surface area (TPSA) is 123 Å². The van der Waals surface area contributed by atoms with Crippen molar-refractivity contribution < 1.29 is 19.5 Å². The van der Waals surface area contributed by atoms with E-state index in [0.717, 1.165) is 73.6 Å². The predicted octanol–water partition coefficient (Wildman–Crippen LogP) is 5.32. The minimum Gasteiger partial charge on any atom is -0.481 e. The summed E-state index contributed by atoms with van der Waals surface area (Å²) in [5.74, 6) is 1.17. The van der Waals surface area contributed by atoms with Crippen molar-refractivity contribution in [3.05, 3.63) is 64.8 Å². The highest BCUT2D eigenvalue weighted by molar-refractivity contribution is 5.81. The number of Topliss-reactive ketones (excluding diaryl/α,β-unsaturated/α-hetero) is 1. The van der Waals surface area contributed by atoms with Gasteiger partial charge in [-0.1, -0.05) is 26.0 Å². The molecule has 1 amide bonds. The van der Waals surface area contributed by atoms with Crippen molar-refractivity contribution in [3.8, 4) is 5.69 Å². The second-order valence-corrected chi connectivity index (χ2v) is 15.8. The fraction of sp³-hybridized carbons (Fsp3) is 0.610. The molecular formula is C41H59N7O4. The second kappa shape index (κ2) is 17.1. The highest BCUT2D eigenvalue weighted by Gasteiger charge is 2.29. The summed E-state index contributed by atoms with van der Waals surface area (Å²) in [5, 5.41) is 22.1. The van der Waals surface area contributed by atoms with E-state index in [4.69, 9.17) is 5.10 Å². The Kier molecular flexibility index (Phi) is 12.4. The van der Waals surface area contributed by atoms with Crippen molar-refractivity contribution in [2.24, 2.45) is 11.8 Å². The minimum atomic E-state index is -0.791. The Morgan fingerprint density at radius 3 is 2.50 bits per heavy atom. The Labute approximate surface area is 309 Å². The number of carboxylic acids is 1. The number of carbonyl (C=O) groups is 3. The molecule has 0 aliphatic carbocycles. The number of aryl methyl sites for hydroxylation is 2. The van der Waals surface area contributed by atoms with Gasteiger partial charge in [0, 0.05) is 87.9 Å². The molecule has 4 aliphatic rings. The molecule has 2 fully saturated rings. The molecule has 0 radical (unpaired) electrons. The molecule has 3 N–H and O–H groups in total. The third-order valence-corrected chi connectivity index (χ3v) is 11.4. The number of amides is 1. The van der Waals surface area contributed by atoms with Gasteiger partial charge in [-0.05, 0) is 100 Å². The average Bonchev–Trinajstić information content (AvgIpc) is 3.74. The molecular weight excluding hydrogens is 654 g/mol. The number of piperazine rings is 1. The van der Waals surface area contributed by atoms with E-state index in [9.17, 15) is 19.5 Å². The highest BCUT2D eigenvalue weighted by Crippen LogP contribution is 2.33. The molecule has 0 saturated carbocycles. The molecule has 6 rings (SSSR count). The quantitative estimate of drug-likeness (QED) is 0.225. The summed E-state index contributed by atoms with van der Waals surface area (Å²) < 4.78 is 1.96. The number of hydrogen-bond donors (Lipinski definition) is 3. The molecule has 1 aromatic heterocycles. The van der Waals surface area contributed by atoms with Crippen LogP contribution in [0.4, 0.5) is 5.69 Å². The monoisotopic (exact) mass is 713 g/mol. The molecule has 2 aromatic rings. The Bertz CT molecular complexity index is 1650. The van der Waals surface area contributed by atoms with E-state index in [1.165, 1.54) is 17.8 Å². The lowest BCUT2D eigenvalue weighted by Crippen LogP contribution is -2.48. The molecule has 0 spiro atoms. The third-order valence-electron chi connectivity index (χ3n) is 11.4. The molecule has 11 heteroatoms. The van der Waals surface area contributed by atoms with Crippen LogP contribution in [0.15, 0.2) is 47.8 Å². The van der Waals surface area contributed by atoms with Gasteiger partial charge in [-0.2, -0.15) is 5.10 Å². The number of anilines is 1. The smallest absolute Gasteiger partial charge is 0.304 e. The number of carboxylic acid groups (broad SMARTS) is 1. The van der Waals surface area contributed by atoms with Crippen LogP contribution in [0.25, 0.3) is 5.69 Å². The summed E-state index contributed by atoms with van der Waals surface area (Å²) in [6.45, 7) is 14.2. The number of dihydropyridines is 1. The van der Waals surface area contributed by atoms with Crippen LogP contribution in [0.3, 0.4) is 0 Å². The summed E-state index contributed by atoms with van der Waals surface area (Å²) in [6.07, 6.45) is 11.8. The van der Waals surface area contributed by atoms with Crippen molar-refractivity contribution in [3.63, 3.8) is 0 Å². The van der Waals surface area contributed by atoms with E-state index >= 15 is 0 Å². The van der Waals surface area contributed by atoms with E-state index in [0.29, 0.717) is 63.9 Å². The first-order valence-corrected chi connectivity index (χ1v) is 19.6. The molecule has 0 bridgehead atoms. The fourth-order valence-electron chi connectivity index (χ4n) is 8.34. The van der Waals surface area contributed by atoms with Crippen molar-refractivity contribution in [1.29, 1.82) is 0 Å². The number of aliphatic carboxylic acids is 1. The lowest BCUT2D eigenvalue weighted by Gasteiger charge is -2.37. The molecule has 5 heterocycles. The molecule has 4 aliphatic heterocycles. The van der Waals surface area contributed by atoms with Gasteiger partial charge >= 0.3 is 5.97 Å². The Morgan fingerprint density at radius 1 is 0.981 bits per heavy atom. The first-order chi connectivity index (χ1) is 25.0. The summed E-state index contributed by atoms with van der Waals surface area (Å²) in [4.78, 5) is 44.0. The molecule has 52 heavy (non-hydrogen) atoms. The maximum absolute atomic E-state index is 13.0. The molecule has 11 nitrogen and oxygen atoms in total. The summed E-state index contributed by atoms with van der Waals surface area (Å²) >= 11 is 0. The van der Waals surface area contributed by atoms with Crippen LogP contribution in [0, 0.1) is 25.7 Å². The highest BCUT2D eigenvalue weighted by atomic mass is 16.4. The van der Waals surface area contributed by atoms with E-state index in [2.05, 4.69) is 56.9 Å². The van der Waals surface area contributed by atoms with Crippen LogP contribution < -0.4 is 15.5 Å². The van der Waals surface area contributed by atoms with Gasteiger partial charge in [0.15, 0.2) is 0 Å². The molecule has 3 unspecified atom stereocenters. The van der Waals surface area contributed by atoms with Gasteiger partial charge in [-0.25, -0.2) is 4.68 Å². The van der Waals surface area contributed by atoms with Crippen LogP contribution in [0.1, 0.15) is 94.5 Å². The van der Waals surface area contributed by atoms with Crippen molar-refractivity contribution in [2.75, 3.05) is 57.3 Å². The minimum absolute atomic E-state index is 0.00371. The van der Waals surface area contributed by atoms with Gasteiger partial charge in [0.25, 0.3) is 0 Å². The summed E-state index contributed by atoms with van der Waals surface area (Å²) in [5.41, 5.74) is 6.33. The normalized spacial score (nSPS) is 21.2. The van der Waals surface area contributed by atoms with E-state index in [-0.39, 0.29) is 29.9 Å². The van der Waals surface area contributed by atoms with Gasteiger partial charge in [0.1, 0.15) is 11.6 Å². The predicted molar refractivity (Wildman–Crippen MR) is 205 cm³/mol. The van der Waals surface area contributed by atoms with Crippen LogP contribution in [0.5, 0.6) is 0 Å². The largest absolute Gasteiger partial charge is 0.481 e.